The number of esters is 1. The van der Waals surface area contributed by atoms with Crippen LogP contribution in [0.15, 0.2) is 28.7 Å². The lowest BCUT2D eigenvalue weighted by Crippen LogP contribution is -2.39. The summed E-state index contributed by atoms with van der Waals surface area (Å²) >= 11 is 3.51. The Bertz CT molecular complexity index is 924. The number of nitrogens with one attached hydrogen (secondary N) is 1. The van der Waals surface area contributed by atoms with Crippen molar-refractivity contribution in [2.24, 2.45) is 0 Å². The number of hydrogen-bond donors (Lipinski definition) is 1. The van der Waals surface area contributed by atoms with Crippen LogP contribution in [0.1, 0.15) is 43.2 Å². The van der Waals surface area contributed by atoms with Crippen molar-refractivity contribution in [1.29, 1.82) is 0 Å². The van der Waals surface area contributed by atoms with Gasteiger partial charge in [0.05, 0.1) is 24.7 Å². The summed E-state index contributed by atoms with van der Waals surface area (Å²) in [6, 6.07) is 5.51. The highest BCUT2D eigenvalue weighted by atomic mass is 79.9. The molecule has 0 aliphatic carbocycles. The minimum Gasteiger partial charge on any atom is -0.465 e. The van der Waals surface area contributed by atoms with E-state index in [1.807, 2.05) is 26.8 Å². The predicted octanol–water partition coefficient (Wildman–Crippen LogP) is 4.74. The number of carbonyl (C=O) groups is 2. The van der Waals surface area contributed by atoms with Crippen molar-refractivity contribution in [2.45, 2.75) is 32.8 Å². The van der Waals surface area contributed by atoms with Crippen molar-refractivity contribution < 1.29 is 19.1 Å². The normalized spacial score (nSPS) is 14.9. The first-order chi connectivity index (χ1) is 12.7. The van der Waals surface area contributed by atoms with Crippen LogP contribution in [0.2, 0.25) is 0 Å². The zero-order valence-electron chi connectivity index (χ0n) is 15.9. The molecule has 1 aliphatic rings. The number of aromatic amines is 1. The minimum atomic E-state index is -0.519. The molecule has 144 valence electrons. The molecule has 2 aromatic rings. The molecule has 0 saturated carbocycles. The third-order valence-electron chi connectivity index (χ3n) is 4.25. The number of H-pyrrole nitrogens is 1. The second-order valence-electron chi connectivity index (χ2n) is 7.52. The molecule has 2 heterocycles. The summed E-state index contributed by atoms with van der Waals surface area (Å²) in [7, 11) is 1.36. The lowest BCUT2D eigenvalue weighted by atomic mass is 10.1. The molecule has 0 unspecified atom stereocenters. The Morgan fingerprint density at radius 1 is 1.22 bits per heavy atom. The SMILES string of the molecule is COC(=O)c1cc(Br)c2[nH]c(C3=CCCN(C(=O)OC(C)(C)C)C3)cc2c1. The third kappa shape index (κ3) is 4.35. The minimum absolute atomic E-state index is 0.307. The molecular weight excluding hydrogens is 412 g/mol. The van der Waals surface area contributed by atoms with Gasteiger partial charge in [-0.2, -0.15) is 0 Å². The van der Waals surface area contributed by atoms with Gasteiger partial charge in [0.15, 0.2) is 0 Å². The Labute approximate surface area is 166 Å². The lowest BCUT2D eigenvalue weighted by molar-refractivity contribution is 0.0272. The zero-order chi connectivity index (χ0) is 19.8. The molecule has 1 N–H and O–H groups in total. The molecule has 7 heteroatoms. The average Bonchev–Trinajstić information content (AvgIpc) is 3.04. The lowest BCUT2D eigenvalue weighted by Gasteiger charge is -2.30. The molecule has 0 radical (unpaired) electrons. The monoisotopic (exact) mass is 434 g/mol. The van der Waals surface area contributed by atoms with E-state index in [0.29, 0.717) is 18.7 Å². The van der Waals surface area contributed by atoms with E-state index in [-0.39, 0.29) is 12.1 Å². The summed E-state index contributed by atoms with van der Waals surface area (Å²) in [6.07, 6.45) is 2.58. The van der Waals surface area contributed by atoms with Gasteiger partial charge in [-0.3, -0.25) is 0 Å². The van der Waals surface area contributed by atoms with E-state index in [9.17, 15) is 9.59 Å². The number of hydrogen-bond acceptors (Lipinski definition) is 4. The highest BCUT2D eigenvalue weighted by Gasteiger charge is 2.25. The summed E-state index contributed by atoms with van der Waals surface area (Å²) in [6.45, 7) is 6.69. The second-order valence-corrected chi connectivity index (χ2v) is 8.37. The topological polar surface area (TPSA) is 71.6 Å². The van der Waals surface area contributed by atoms with Crippen molar-refractivity contribution in [3.63, 3.8) is 0 Å². The number of amides is 1. The van der Waals surface area contributed by atoms with Crippen LogP contribution in [0.25, 0.3) is 16.5 Å². The van der Waals surface area contributed by atoms with Crippen LogP contribution in [0.3, 0.4) is 0 Å². The Morgan fingerprint density at radius 2 is 1.96 bits per heavy atom. The first-order valence-corrected chi connectivity index (χ1v) is 9.55. The van der Waals surface area contributed by atoms with Crippen molar-refractivity contribution in [1.82, 2.24) is 9.88 Å². The first kappa shape index (κ1) is 19.5. The maximum absolute atomic E-state index is 12.4. The van der Waals surface area contributed by atoms with E-state index in [4.69, 9.17) is 9.47 Å². The van der Waals surface area contributed by atoms with Crippen molar-refractivity contribution >= 4 is 44.5 Å². The zero-order valence-corrected chi connectivity index (χ0v) is 17.5. The molecule has 1 aliphatic heterocycles. The number of benzene rings is 1. The number of ether oxygens (including phenoxy) is 2. The fourth-order valence-electron chi connectivity index (χ4n) is 3.03. The van der Waals surface area contributed by atoms with Gasteiger partial charge in [-0.15, -0.1) is 0 Å². The fourth-order valence-corrected chi connectivity index (χ4v) is 3.60. The molecule has 3 rings (SSSR count). The van der Waals surface area contributed by atoms with Crippen molar-refractivity contribution in [3.05, 3.63) is 40.0 Å². The molecule has 0 fully saturated rings. The largest absolute Gasteiger partial charge is 0.465 e. The van der Waals surface area contributed by atoms with E-state index in [0.717, 1.165) is 33.1 Å². The van der Waals surface area contributed by atoms with E-state index in [1.54, 1.807) is 17.0 Å². The van der Waals surface area contributed by atoms with Crippen LogP contribution in [-0.4, -0.2) is 47.7 Å². The van der Waals surface area contributed by atoms with Gasteiger partial charge in [0.25, 0.3) is 0 Å². The van der Waals surface area contributed by atoms with Gasteiger partial charge in [0.1, 0.15) is 5.60 Å². The molecule has 6 nitrogen and oxygen atoms in total. The molecule has 0 saturated heterocycles. The van der Waals surface area contributed by atoms with Crippen LogP contribution in [0.5, 0.6) is 0 Å². The maximum atomic E-state index is 12.4. The summed E-state index contributed by atoms with van der Waals surface area (Å²) < 4.78 is 11.1. The summed E-state index contributed by atoms with van der Waals surface area (Å²) in [5.74, 6) is -0.381. The number of rotatable bonds is 2. The standard InChI is InChI=1S/C20H23BrN2O4/c1-20(2,3)27-19(25)23-7-5-6-12(11-23)16-10-13-8-14(18(24)26-4)9-15(21)17(13)22-16/h6,8-10,22H,5,7,11H2,1-4H3. The predicted molar refractivity (Wildman–Crippen MR) is 108 cm³/mol. The van der Waals surface area contributed by atoms with Crippen LogP contribution >= 0.6 is 15.9 Å². The molecule has 0 atom stereocenters. The molecule has 1 aromatic heterocycles. The number of aromatic nitrogens is 1. The number of fused-ring (bicyclic) bond motifs is 1. The molecular formula is C20H23BrN2O4. The van der Waals surface area contributed by atoms with E-state index in [1.165, 1.54) is 7.11 Å². The molecule has 0 spiro atoms. The van der Waals surface area contributed by atoms with E-state index < -0.39 is 5.60 Å². The summed E-state index contributed by atoms with van der Waals surface area (Å²) in [4.78, 5) is 29.3. The molecule has 1 amide bonds. The summed E-state index contributed by atoms with van der Waals surface area (Å²) in [5.41, 5.74) is 2.80. The molecule has 27 heavy (non-hydrogen) atoms. The first-order valence-electron chi connectivity index (χ1n) is 8.76. The Balaban J connectivity index is 1.87. The van der Waals surface area contributed by atoms with Crippen LogP contribution in [0.4, 0.5) is 4.79 Å². The highest BCUT2D eigenvalue weighted by Crippen LogP contribution is 2.30. The van der Waals surface area contributed by atoms with E-state index >= 15 is 0 Å². The maximum Gasteiger partial charge on any atom is 0.410 e. The summed E-state index contributed by atoms with van der Waals surface area (Å²) in [5, 5.41) is 0.898. The van der Waals surface area contributed by atoms with Gasteiger partial charge < -0.3 is 19.4 Å². The van der Waals surface area contributed by atoms with Gasteiger partial charge in [0, 0.05) is 22.1 Å². The number of nitrogens with zero attached hydrogens (tertiary/aromatic N) is 1. The van der Waals surface area contributed by atoms with Gasteiger partial charge in [-0.25, -0.2) is 9.59 Å². The van der Waals surface area contributed by atoms with Crippen molar-refractivity contribution in [2.75, 3.05) is 20.2 Å². The smallest absolute Gasteiger partial charge is 0.410 e. The Hall–Kier alpha value is -2.28. The van der Waals surface area contributed by atoms with Crippen LogP contribution in [-0.2, 0) is 9.47 Å². The Kier molecular flexibility index (Phi) is 5.33. The average molecular weight is 435 g/mol. The third-order valence-corrected chi connectivity index (χ3v) is 4.88. The van der Waals surface area contributed by atoms with Gasteiger partial charge in [-0.05, 0) is 66.9 Å². The second kappa shape index (κ2) is 7.38. The fraction of sp³-hybridized carbons (Fsp3) is 0.400. The molecule has 1 aromatic carbocycles. The number of halogens is 1. The highest BCUT2D eigenvalue weighted by molar-refractivity contribution is 9.10. The van der Waals surface area contributed by atoms with Crippen LogP contribution in [0, 0.1) is 0 Å². The Morgan fingerprint density at radius 3 is 2.63 bits per heavy atom. The van der Waals surface area contributed by atoms with E-state index in [2.05, 4.69) is 27.0 Å². The quantitative estimate of drug-likeness (QED) is 0.692. The van der Waals surface area contributed by atoms with Gasteiger partial charge in [-0.1, -0.05) is 6.08 Å². The molecule has 0 bridgehead atoms. The number of methoxy groups -OCH3 is 1. The number of carbonyl (C=O) groups excluding carboxylic acids is 2. The van der Waals surface area contributed by atoms with Crippen molar-refractivity contribution in [3.8, 4) is 0 Å². The van der Waals surface area contributed by atoms with Gasteiger partial charge in [0.2, 0.25) is 0 Å². The van der Waals surface area contributed by atoms with Gasteiger partial charge >= 0.3 is 12.1 Å². The van der Waals surface area contributed by atoms with Crippen LogP contribution < -0.4 is 0 Å².